The van der Waals surface area contributed by atoms with E-state index in [2.05, 4.69) is 29.9 Å². The van der Waals surface area contributed by atoms with Crippen LogP contribution in [0.2, 0.25) is 0 Å². The highest BCUT2D eigenvalue weighted by Gasteiger charge is 2.52. The smallest absolute Gasteiger partial charge is 0.325 e. The number of fused-ring (bicyclic) bond motifs is 5. The number of nitrogens with one attached hydrogen (secondary N) is 1. The normalized spacial score (nSPS) is 37.7. The second kappa shape index (κ2) is 11.2. The van der Waals surface area contributed by atoms with Gasteiger partial charge in [0, 0.05) is 0 Å². The van der Waals surface area contributed by atoms with Crippen LogP contribution in [0, 0.1) is 0 Å². The maximum Gasteiger partial charge on any atom is 0.325 e. The number of nitrogens with two attached hydrogens (primary N) is 2. The number of ether oxygens (including phenoxy) is 2. The Labute approximate surface area is 260 Å². The largest absolute Gasteiger partial charge is 0.660 e. The molecule has 0 amide bonds. The number of nitrogen functional groups attached to an aromatic ring is 2. The molecule has 45 heavy (non-hydrogen) atoms. The van der Waals surface area contributed by atoms with E-state index in [9.17, 15) is 19.4 Å². The van der Waals surface area contributed by atoms with E-state index in [0.29, 0.717) is 0 Å². The molecule has 242 valence electrons. The van der Waals surface area contributed by atoms with Crippen molar-refractivity contribution in [3.63, 3.8) is 0 Å². The number of anilines is 2. The fourth-order valence-electron chi connectivity index (χ4n) is 5.25. The van der Waals surface area contributed by atoms with Gasteiger partial charge in [-0.2, -0.15) is 4.98 Å². The molecular weight excluding hydrogens is 685 g/mol. The zero-order valence-corrected chi connectivity index (χ0v) is 25.7. The van der Waals surface area contributed by atoms with E-state index >= 15 is 4.39 Å². The Morgan fingerprint density at radius 3 is 2.47 bits per heavy atom. The van der Waals surface area contributed by atoms with Crippen LogP contribution in [0.1, 0.15) is 12.5 Å². The van der Waals surface area contributed by atoms with Gasteiger partial charge >= 0.3 is 6.72 Å². The molecule has 20 nitrogen and oxygen atoms in total. The van der Waals surface area contributed by atoms with Crippen LogP contribution in [0.3, 0.4) is 0 Å². The number of aromatic nitrogens is 8. The van der Waals surface area contributed by atoms with E-state index in [1.807, 2.05) is 0 Å². The van der Waals surface area contributed by atoms with Gasteiger partial charge in [0.05, 0.1) is 25.9 Å². The molecule has 2 unspecified atom stereocenters. The number of aromatic amines is 1. The van der Waals surface area contributed by atoms with Crippen molar-refractivity contribution in [3.8, 4) is 0 Å². The minimum absolute atomic E-state index is 0.0461. The molecule has 7 N–H and O–H groups in total. The molecule has 25 heteroatoms. The Morgan fingerprint density at radius 2 is 1.69 bits per heavy atom. The summed E-state index contributed by atoms with van der Waals surface area (Å²) >= 11 is 10.3. The molecule has 0 radical (unpaired) electrons. The monoisotopic (exact) mass is 707 g/mol. The first-order valence-corrected chi connectivity index (χ1v) is 18.0. The van der Waals surface area contributed by atoms with Gasteiger partial charge in [-0.25, -0.2) is 24.3 Å². The lowest BCUT2D eigenvalue weighted by molar-refractivity contribution is -0.0584. The summed E-state index contributed by atoms with van der Waals surface area (Å²) in [4.78, 5) is 45.7. The molecule has 7 rings (SSSR count). The molecule has 10 atom stereocenters. The number of alkyl halides is 1. The number of halogens is 1. The van der Waals surface area contributed by atoms with Crippen LogP contribution in [0.5, 0.6) is 0 Å². The second-order valence-corrected chi connectivity index (χ2v) is 15.6. The highest BCUT2D eigenvalue weighted by atomic mass is 32.7. The van der Waals surface area contributed by atoms with E-state index in [4.69, 9.17) is 63.1 Å². The van der Waals surface area contributed by atoms with Gasteiger partial charge in [0.1, 0.15) is 42.4 Å². The third kappa shape index (κ3) is 5.55. The first kappa shape index (κ1) is 31.0. The maximum atomic E-state index is 16.0. The van der Waals surface area contributed by atoms with Gasteiger partial charge in [-0.1, -0.05) is 0 Å². The number of aliphatic hydroxyl groups excluding tert-OH is 1. The molecule has 2 bridgehead atoms. The SMILES string of the molecule is Nc1nc2c(ncn2[C@@H]2O[C@@H]3COP(O)(=S)O[C@H]4[C@@H](F)[C@H](n5cnc6c(N)ncnc65)O[C@@H]4COP(=O)([S-])O[C@@H]2[C@@H]3O)c(=O)[nH]1. The molecule has 0 aromatic carbocycles. The van der Waals surface area contributed by atoms with Crippen molar-refractivity contribution < 1.29 is 46.5 Å². The fraction of sp³-hybridized carbons (Fsp3) is 0.500. The number of rotatable bonds is 2. The van der Waals surface area contributed by atoms with Crippen molar-refractivity contribution in [2.45, 2.75) is 49.1 Å². The van der Waals surface area contributed by atoms with E-state index in [1.165, 1.54) is 15.5 Å². The number of H-pyrrole nitrogens is 1. The summed E-state index contributed by atoms with van der Waals surface area (Å²) in [7, 11) is 0. The van der Waals surface area contributed by atoms with Crippen molar-refractivity contribution in [2.75, 3.05) is 24.7 Å². The summed E-state index contributed by atoms with van der Waals surface area (Å²) < 4.78 is 65.7. The Morgan fingerprint density at radius 1 is 1.00 bits per heavy atom. The lowest BCUT2D eigenvalue weighted by Crippen LogP contribution is -2.35. The van der Waals surface area contributed by atoms with Gasteiger partial charge in [-0.15, -0.1) is 0 Å². The second-order valence-electron chi connectivity index (χ2n) is 10.1. The molecule has 3 aliphatic rings. The lowest BCUT2D eigenvalue weighted by atomic mass is 10.1. The predicted molar refractivity (Wildman–Crippen MR) is 154 cm³/mol. The van der Waals surface area contributed by atoms with E-state index in [1.54, 1.807) is 0 Å². The third-order valence-corrected chi connectivity index (χ3v) is 10.4. The topological polar surface area (TPSA) is 272 Å². The zero-order valence-electron chi connectivity index (χ0n) is 22.3. The van der Waals surface area contributed by atoms with Crippen molar-refractivity contribution in [1.82, 2.24) is 39.0 Å². The lowest BCUT2D eigenvalue weighted by Gasteiger charge is -2.32. The maximum absolute atomic E-state index is 16.0. The molecule has 4 aromatic rings. The summed E-state index contributed by atoms with van der Waals surface area (Å²) in [5, 5.41) is 11.1. The van der Waals surface area contributed by atoms with Gasteiger partial charge in [-0.3, -0.25) is 28.0 Å². The van der Waals surface area contributed by atoms with Gasteiger partial charge in [-0.05, 0) is 11.8 Å². The van der Waals surface area contributed by atoms with E-state index in [0.717, 1.165) is 12.7 Å². The standard InChI is InChI=1S/C20H23FN10O10P2S2/c21-8-12-7(39-18(8)30-4-26-9-14(22)24-3-25-15(9)30)2-37-43(35,45)41-13-11(32)6(1-36-42(34,44)40-12)38-19(13)31-5-27-10-16(31)28-20(23)29-17(10)33/h3-8,11-13,18-19,32H,1-2H2,(H,34,44)(H,35,45)(H2,22,24,25)(H3,23,28,29,33)/p-1/t6-,7-,8-,11-,12-,13-,18-,19-,42?,43?/m1/s1. The molecule has 0 spiro atoms. The number of aliphatic hydroxyl groups is 1. The number of hydrogen-bond donors (Lipinski definition) is 5. The molecule has 3 aliphatic heterocycles. The summed E-state index contributed by atoms with van der Waals surface area (Å²) in [6.45, 7) is -10.1. The van der Waals surface area contributed by atoms with Gasteiger partial charge in [0.2, 0.25) is 12.7 Å². The van der Waals surface area contributed by atoms with Gasteiger partial charge in [0.15, 0.2) is 41.3 Å². The van der Waals surface area contributed by atoms with Gasteiger partial charge in [0.25, 0.3) is 5.56 Å². The predicted octanol–water partition coefficient (Wildman–Crippen LogP) is -0.693. The first-order valence-electron chi connectivity index (χ1n) is 12.9. The molecule has 0 saturated carbocycles. The number of imidazole rings is 2. The van der Waals surface area contributed by atoms with Crippen molar-refractivity contribution in [3.05, 3.63) is 29.3 Å². The van der Waals surface area contributed by atoms with Gasteiger partial charge < -0.3 is 56.8 Å². The molecule has 3 saturated heterocycles. The summed E-state index contributed by atoms with van der Waals surface area (Å²) in [5.41, 5.74) is 11.0. The highest BCUT2D eigenvalue weighted by molar-refractivity contribution is 8.32. The molecule has 7 heterocycles. The average Bonchev–Trinajstić information content (AvgIpc) is 3.72. The quantitative estimate of drug-likeness (QED) is 0.127. The number of hydrogen-bond acceptors (Lipinski definition) is 18. The Bertz CT molecular complexity index is 1950. The first-order chi connectivity index (χ1) is 21.3. The summed E-state index contributed by atoms with van der Waals surface area (Å²) in [6.07, 6.45) is -8.71. The van der Waals surface area contributed by atoms with Crippen molar-refractivity contribution in [2.24, 2.45) is 0 Å². The van der Waals surface area contributed by atoms with Crippen LogP contribution in [0.4, 0.5) is 16.2 Å². The number of nitrogens with zero attached hydrogens (tertiary/aromatic N) is 7. The van der Waals surface area contributed by atoms with Crippen LogP contribution in [0.25, 0.3) is 22.3 Å². The van der Waals surface area contributed by atoms with Crippen LogP contribution in [-0.4, -0.2) is 98.9 Å². The minimum Gasteiger partial charge on any atom is -0.660 e. The molecule has 0 aliphatic carbocycles. The van der Waals surface area contributed by atoms with Crippen LogP contribution >= 0.6 is 13.5 Å². The Balaban J connectivity index is 1.21. The minimum atomic E-state index is -4.52. The van der Waals surface area contributed by atoms with Crippen molar-refractivity contribution >= 4 is 71.7 Å². The van der Waals surface area contributed by atoms with Crippen LogP contribution < -0.4 is 17.0 Å². The molecule has 4 aromatic heterocycles. The zero-order chi connectivity index (χ0) is 31.8. The fourth-order valence-corrected chi connectivity index (χ4v) is 8.09. The van der Waals surface area contributed by atoms with Crippen molar-refractivity contribution in [1.29, 1.82) is 0 Å². The average molecular weight is 708 g/mol. The van der Waals surface area contributed by atoms with Crippen LogP contribution in [-0.2, 0) is 56.2 Å². The highest BCUT2D eigenvalue weighted by Crippen LogP contribution is 2.55. The molecular formula is C20H22FN10O10P2S2-. The van der Waals surface area contributed by atoms with E-state index in [-0.39, 0.29) is 34.1 Å². The van der Waals surface area contributed by atoms with E-state index < -0.39 is 81.4 Å². The molecule has 3 fully saturated rings. The third-order valence-electron chi connectivity index (χ3n) is 7.27. The Hall–Kier alpha value is -2.66. The summed E-state index contributed by atoms with van der Waals surface area (Å²) in [5.74, 6) is -0.192. The van der Waals surface area contributed by atoms with Crippen LogP contribution in [0.15, 0.2) is 23.8 Å². The Kier molecular flexibility index (Phi) is 7.74. The summed E-state index contributed by atoms with van der Waals surface area (Å²) in [6, 6.07) is 0.